The van der Waals surface area contributed by atoms with Gasteiger partial charge in [-0.3, -0.25) is 0 Å². The van der Waals surface area contributed by atoms with Gasteiger partial charge in [-0.25, -0.2) is 0 Å². The Hall–Kier alpha value is -0.480. The smallest absolute Gasteiger partial charge is 0.119 e. The van der Waals surface area contributed by atoms with Gasteiger partial charge in [0.05, 0.1) is 12.7 Å². The van der Waals surface area contributed by atoms with Crippen LogP contribution in [-0.2, 0) is 0 Å². The molecule has 0 fully saturated rings. The Labute approximate surface area is 120 Å². The molecule has 1 aromatic rings. The predicted molar refractivity (Wildman–Crippen MR) is 77.8 cm³/mol. The number of nitrogens with two attached hydrogens (primary N) is 1. The quantitative estimate of drug-likeness (QED) is 0.760. The third kappa shape index (κ3) is 6.45. The van der Waals surface area contributed by atoms with Gasteiger partial charge in [-0.1, -0.05) is 11.6 Å². The van der Waals surface area contributed by atoms with Crippen LogP contribution in [0.5, 0.6) is 5.75 Å². The maximum Gasteiger partial charge on any atom is 0.119 e. The van der Waals surface area contributed by atoms with Crippen molar-refractivity contribution >= 4 is 24.0 Å². The molecule has 0 saturated heterocycles. The number of ether oxygens (including phenoxy) is 1. The van der Waals surface area contributed by atoms with Crippen LogP contribution in [0.2, 0.25) is 5.02 Å². The normalized spacial score (nSPS) is 11.8. The third-order valence-electron chi connectivity index (χ3n) is 2.58. The lowest BCUT2D eigenvalue weighted by Gasteiger charge is -2.10. The van der Waals surface area contributed by atoms with Gasteiger partial charge in [0.1, 0.15) is 5.75 Å². The summed E-state index contributed by atoms with van der Waals surface area (Å²) < 4.78 is 5.57. The first-order valence-corrected chi connectivity index (χ1v) is 6.28. The maximum atomic E-state index is 9.47. The highest BCUT2D eigenvalue weighted by molar-refractivity contribution is 6.31. The van der Waals surface area contributed by atoms with Crippen LogP contribution in [-0.4, -0.2) is 24.4 Å². The van der Waals surface area contributed by atoms with Gasteiger partial charge in [0.15, 0.2) is 0 Å². The zero-order valence-corrected chi connectivity index (χ0v) is 12.1. The minimum Gasteiger partial charge on any atom is -0.494 e. The molecule has 1 aromatic carbocycles. The monoisotopic (exact) mass is 293 g/mol. The van der Waals surface area contributed by atoms with Crippen LogP contribution in [0.25, 0.3) is 0 Å². The van der Waals surface area contributed by atoms with Gasteiger partial charge in [-0.05, 0) is 56.5 Å². The number of hydrogen-bond donors (Lipinski definition) is 2. The van der Waals surface area contributed by atoms with E-state index in [9.17, 15) is 5.11 Å². The van der Waals surface area contributed by atoms with E-state index >= 15 is 0 Å². The molecule has 0 bridgehead atoms. The van der Waals surface area contributed by atoms with E-state index in [4.69, 9.17) is 22.1 Å². The van der Waals surface area contributed by atoms with Crippen molar-refractivity contribution in [3.8, 4) is 5.75 Å². The SMILES string of the molecule is Cc1cc(OCCC[C@H](O)CCN)ccc1Cl.Cl. The van der Waals surface area contributed by atoms with Crippen molar-refractivity contribution in [1.82, 2.24) is 0 Å². The minimum atomic E-state index is -0.310. The van der Waals surface area contributed by atoms with E-state index in [0.29, 0.717) is 19.6 Å². The van der Waals surface area contributed by atoms with Crippen LogP contribution in [0, 0.1) is 6.92 Å². The van der Waals surface area contributed by atoms with E-state index < -0.39 is 0 Å². The number of aryl methyl sites for hydroxylation is 1. The van der Waals surface area contributed by atoms with E-state index in [1.165, 1.54) is 0 Å². The molecule has 3 N–H and O–H groups in total. The summed E-state index contributed by atoms with van der Waals surface area (Å²) in [6.45, 7) is 3.07. The van der Waals surface area contributed by atoms with E-state index in [1.807, 2.05) is 25.1 Å². The number of benzene rings is 1. The largest absolute Gasteiger partial charge is 0.494 e. The average Bonchev–Trinajstić information content (AvgIpc) is 2.29. The molecule has 104 valence electrons. The molecule has 18 heavy (non-hydrogen) atoms. The minimum absolute atomic E-state index is 0. The van der Waals surface area contributed by atoms with Crippen LogP contribution in [0.1, 0.15) is 24.8 Å². The molecule has 0 radical (unpaired) electrons. The Morgan fingerprint density at radius 1 is 1.39 bits per heavy atom. The molecule has 0 spiro atoms. The Bertz CT molecular complexity index is 348. The van der Waals surface area contributed by atoms with Crippen molar-refractivity contribution in [2.45, 2.75) is 32.3 Å². The van der Waals surface area contributed by atoms with Gasteiger partial charge < -0.3 is 15.6 Å². The van der Waals surface area contributed by atoms with Crippen molar-refractivity contribution in [2.75, 3.05) is 13.2 Å². The second-order valence-electron chi connectivity index (χ2n) is 4.13. The van der Waals surface area contributed by atoms with Gasteiger partial charge >= 0.3 is 0 Å². The second-order valence-corrected chi connectivity index (χ2v) is 4.54. The number of aliphatic hydroxyl groups excluding tert-OH is 1. The molecule has 0 unspecified atom stereocenters. The summed E-state index contributed by atoms with van der Waals surface area (Å²) in [4.78, 5) is 0. The lowest BCUT2D eigenvalue weighted by atomic mass is 10.1. The molecule has 0 aromatic heterocycles. The zero-order chi connectivity index (χ0) is 12.7. The van der Waals surface area contributed by atoms with E-state index in [1.54, 1.807) is 0 Å². The van der Waals surface area contributed by atoms with Crippen LogP contribution in [0.3, 0.4) is 0 Å². The van der Waals surface area contributed by atoms with Crippen LogP contribution < -0.4 is 10.5 Å². The highest BCUT2D eigenvalue weighted by Crippen LogP contribution is 2.21. The molecule has 0 aliphatic rings. The molecule has 5 heteroatoms. The topological polar surface area (TPSA) is 55.5 Å². The summed E-state index contributed by atoms with van der Waals surface area (Å²) in [6.07, 6.45) is 1.89. The lowest BCUT2D eigenvalue weighted by molar-refractivity contribution is 0.146. The van der Waals surface area contributed by atoms with Crippen molar-refractivity contribution in [3.05, 3.63) is 28.8 Å². The highest BCUT2D eigenvalue weighted by Gasteiger charge is 2.03. The van der Waals surface area contributed by atoms with Gasteiger partial charge in [-0.2, -0.15) is 0 Å². The maximum absolute atomic E-state index is 9.47. The first-order valence-electron chi connectivity index (χ1n) is 5.90. The van der Waals surface area contributed by atoms with Crippen LogP contribution >= 0.6 is 24.0 Å². The standard InChI is InChI=1S/C13H20ClNO2.ClH/c1-10-9-12(4-5-13(10)14)17-8-2-3-11(16)6-7-15;/h4-5,9,11,16H,2-3,6-8,15H2,1H3;1H/t11-;/m0./s1. The molecule has 0 heterocycles. The zero-order valence-electron chi connectivity index (χ0n) is 10.6. The molecule has 0 aliphatic heterocycles. The van der Waals surface area contributed by atoms with E-state index in [2.05, 4.69) is 0 Å². The Morgan fingerprint density at radius 2 is 2.11 bits per heavy atom. The van der Waals surface area contributed by atoms with E-state index in [-0.39, 0.29) is 18.5 Å². The number of rotatable bonds is 7. The number of aliphatic hydroxyl groups is 1. The first kappa shape index (κ1) is 17.5. The van der Waals surface area contributed by atoms with E-state index in [0.717, 1.165) is 29.2 Å². The number of halogens is 2. The molecule has 3 nitrogen and oxygen atoms in total. The first-order chi connectivity index (χ1) is 8.13. The van der Waals surface area contributed by atoms with Crippen molar-refractivity contribution in [3.63, 3.8) is 0 Å². The molecule has 1 rings (SSSR count). The Kier molecular flexibility index (Phi) is 9.20. The summed E-state index contributed by atoms with van der Waals surface area (Å²) in [7, 11) is 0. The molecule has 0 amide bonds. The van der Waals surface area contributed by atoms with Gasteiger partial charge in [0.25, 0.3) is 0 Å². The van der Waals surface area contributed by atoms with Crippen LogP contribution in [0.15, 0.2) is 18.2 Å². The lowest BCUT2D eigenvalue weighted by Crippen LogP contribution is -2.14. The van der Waals surface area contributed by atoms with Crippen molar-refractivity contribution < 1.29 is 9.84 Å². The van der Waals surface area contributed by atoms with Crippen molar-refractivity contribution in [2.24, 2.45) is 5.73 Å². The van der Waals surface area contributed by atoms with Crippen LogP contribution in [0.4, 0.5) is 0 Å². The summed E-state index contributed by atoms with van der Waals surface area (Å²) in [5.74, 6) is 0.820. The number of hydrogen-bond acceptors (Lipinski definition) is 3. The Balaban J connectivity index is 0.00000289. The molecule has 0 aliphatic carbocycles. The molecular formula is C13H21Cl2NO2. The summed E-state index contributed by atoms with van der Waals surface area (Å²) in [6, 6.07) is 5.60. The summed E-state index contributed by atoms with van der Waals surface area (Å²) >= 11 is 5.92. The highest BCUT2D eigenvalue weighted by atomic mass is 35.5. The van der Waals surface area contributed by atoms with Gasteiger partial charge in [-0.15, -0.1) is 12.4 Å². The predicted octanol–water partition coefficient (Wildman–Crippen LogP) is 2.94. The molecule has 1 atom stereocenters. The molecular weight excluding hydrogens is 273 g/mol. The fraction of sp³-hybridized carbons (Fsp3) is 0.538. The fourth-order valence-corrected chi connectivity index (χ4v) is 1.67. The Morgan fingerprint density at radius 3 is 2.72 bits per heavy atom. The van der Waals surface area contributed by atoms with Gasteiger partial charge in [0, 0.05) is 5.02 Å². The summed E-state index contributed by atoms with van der Waals surface area (Å²) in [5.41, 5.74) is 6.36. The van der Waals surface area contributed by atoms with Gasteiger partial charge in [0.2, 0.25) is 0 Å². The second kappa shape index (κ2) is 9.45. The van der Waals surface area contributed by atoms with Crippen molar-refractivity contribution in [1.29, 1.82) is 0 Å². The third-order valence-corrected chi connectivity index (χ3v) is 3.00. The fourth-order valence-electron chi connectivity index (χ4n) is 1.55. The summed E-state index contributed by atoms with van der Waals surface area (Å²) in [5, 5.41) is 10.2. The molecule has 0 saturated carbocycles. The average molecular weight is 294 g/mol.